The molecule has 0 spiro atoms. The van der Waals surface area contributed by atoms with E-state index in [1.807, 2.05) is 6.92 Å². The van der Waals surface area contributed by atoms with Crippen LogP contribution >= 0.6 is 0 Å². The molecule has 8 nitrogen and oxygen atoms in total. The summed E-state index contributed by atoms with van der Waals surface area (Å²) < 4.78 is 40.4. The number of nitrogens with two attached hydrogens (primary N) is 1. The lowest BCUT2D eigenvalue weighted by Gasteiger charge is -2.14. The van der Waals surface area contributed by atoms with Crippen molar-refractivity contribution in [2.45, 2.75) is 47.1 Å². The summed E-state index contributed by atoms with van der Waals surface area (Å²) in [5, 5.41) is 4.47. The molecule has 0 aliphatic carbocycles. The number of ether oxygens (including phenoxy) is 2. The number of carbonyl (C=O) groups excluding carboxylic acids is 2. The molecule has 39 heavy (non-hydrogen) atoms. The van der Waals surface area contributed by atoms with Crippen LogP contribution in [0.3, 0.4) is 0 Å². The van der Waals surface area contributed by atoms with Gasteiger partial charge in [0.05, 0.1) is 28.9 Å². The van der Waals surface area contributed by atoms with E-state index in [2.05, 4.69) is 10.1 Å². The minimum atomic E-state index is -0.713. The maximum atomic E-state index is 14.1. The summed E-state index contributed by atoms with van der Waals surface area (Å²) in [6.45, 7) is 5.23. The van der Waals surface area contributed by atoms with E-state index in [-0.39, 0.29) is 56.5 Å². The molecule has 4 rings (SSSR count). The van der Waals surface area contributed by atoms with Gasteiger partial charge >= 0.3 is 5.97 Å². The number of rotatable bonds is 10. The van der Waals surface area contributed by atoms with E-state index in [0.717, 1.165) is 17.7 Å². The molecule has 0 saturated heterocycles. The molecule has 10 heteroatoms. The van der Waals surface area contributed by atoms with Crippen LogP contribution in [-0.2, 0) is 11.3 Å². The van der Waals surface area contributed by atoms with Crippen molar-refractivity contribution in [3.05, 3.63) is 93.9 Å². The third kappa shape index (κ3) is 6.28. The molecular weight excluding hydrogens is 506 g/mol. The summed E-state index contributed by atoms with van der Waals surface area (Å²) in [6.07, 6.45) is 0.0303. The first-order valence-corrected chi connectivity index (χ1v) is 12.2. The molecule has 3 aromatic heterocycles. The molecule has 0 fully saturated rings. The Labute approximate surface area is 225 Å². The maximum absolute atomic E-state index is 14.1. The molecule has 3 heterocycles. The van der Waals surface area contributed by atoms with E-state index < -0.39 is 23.5 Å². The fraction of sp³-hybridized carbons (Fsp3) is 0.310. The minimum Gasteiger partial charge on any atom is -0.473 e. The van der Waals surface area contributed by atoms with Gasteiger partial charge in [-0.05, 0) is 56.7 Å². The highest BCUT2D eigenvalue weighted by Gasteiger charge is 2.24. The summed E-state index contributed by atoms with van der Waals surface area (Å²) in [7, 11) is 0. The van der Waals surface area contributed by atoms with Crippen molar-refractivity contribution in [3.63, 3.8) is 0 Å². The van der Waals surface area contributed by atoms with E-state index in [4.69, 9.17) is 15.2 Å². The lowest BCUT2D eigenvalue weighted by Crippen LogP contribution is -2.19. The molecule has 2 N–H and O–H groups in total. The number of halogens is 2. The fourth-order valence-electron chi connectivity index (χ4n) is 4.26. The van der Waals surface area contributed by atoms with Crippen LogP contribution < -0.4 is 10.5 Å². The quantitative estimate of drug-likeness (QED) is 0.215. The number of hydrogen-bond donors (Lipinski definition) is 1. The van der Waals surface area contributed by atoms with Gasteiger partial charge in [-0.25, -0.2) is 23.1 Å². The summed E-state index contributed by atoms with van der Waals surface area (Å²) in [4.78, 5) is 30.0. The Morgan fingerprint density at radius 1 is 1.08 bits per heavy atom. The molecule has 1 atom stereocenters. The van der Waals surface area contributed by atoms with Crippen LogP contribution in [0, 0.1) is 25.5 Å². The number of aryl methyl sites for hydroxylation is 2. The van der Waals surface area contributed by atoms with Gasteiger partial charge in [0.15, 0.2) is 5.78 Å². The molecular formula is C29H32F2N4O4. The van der Waals surface area contributed by atoms with Gasteiger partial charge in [-0.3, -0.25) is 4.79 Å². The first-order valence-electron chi connectivity index (χ1n) is 12.2. The fourth-order valence-corrected chi connectivity index (χ4v) is 4.26. The molecule has 0 aliphatic heterocycles. The van der Waals surface area contributed by atoms with E-state index in [9.17, 15) is 18.4 Å². The molecule has 0 amide bonds. The number of esters is 1. The second-order valence-electron chi connectivity index (χ2n) is 8.85. The van der Waals surface area contributed by atoms with Crippen molar-refractivity contribution < 1.29 is 27.8 Å². The normalized spacial score (nSPS) is 11.6. The number of nitrogens with zero attached hydrogens (tertiary/aromatic N) is 3. The van der Waals surface area contributed by atoms with E-state index in [0.29, 0.717) is 22.5 Å². The number of aromatic nitrogens is 3. The Bertz CT molecular complexity index is 1480. The largest absolute Gasteiger partial charge is 0.473 e. The van der Waals surface area contributed by atoms with Gasteiger partial charge in [0, 0.05) is 30.6 Å². The highest BCUT2D eigenvalue weighted by Crippen LogP contribution is 2.28. The van der Waals surface area contributed by atoms with Crippen molar-refractivity contribution in [2.24, 2.45) is 5.73 Å². The summed E-state index contributed by atoms with van der Waals surface area (Å²) >= 11 is 0. The molecule has 0 aliphatic rings. The van der Waals surface area contributed by atoms with Crippen LogP contribution in [-0.4, -0.2) is 39.5 Å². The molecule has 4 aromatic rings. The minimum absolute atomic E-state index is 0. The molecule has 0 saturated carbocycles. The maximum Gasteiger partial charge on any atom is 0.356 e. The average molecular weight is 539 g/mol. The van der Waals surface area contributed by atoms with Gasteiger partial charge in [0.25, 0.3) is 0 Å². The van der Waals surface area contributed by atoms with Crippen LogP contribution in [0.1, 0.15) is 70.1 Å². The van der Waals surface area contributed by atoms with Crippen LogP contribution in [0.25, 0.3) is 5.52 Å². The Morgan fingerprint density at radius 2 is 1.77 bits per heavy atom. The monoisotopic (exact) mass is 538 g/mol. The van der Waals surface area contributed by atoms with Crippen molar-refractivity contribution in [2.75, 3.05) is 13.2 Å². The van der Waals surface area contributed by atoms with E-state index in [1.165, 1.54) is 10.6 Å². The van der Waals surface area contributed by atoms with Crippen molar-refractivity contribution in [1.29, 1.82) is 0 Å². The number of ketones is 1. The van der Waals surface area contributed by atoms with Gasteiger partial charge in [0.2, 0.25) is 5.88 Å². The van der Waals surface area contributed by atoms with Gasteiger partial charge in [-0.1, -0.05) is 19.6 Å². The number of benzene rings is 1. The third-order valence-corrected chi connectivity index (χ3v) is 6.12. The lowest BCUT2D eigenvalue weighted by molar-refractivity contribution is 0.0519. The third-order valence-electron chi connectivity index (χ3n) is 6.12. The predicted octanol–water partition coefficient (Wildman–Crippen LogP) is 5.33. The summed E-state index contributed by atoms with van der Waals surface area (Å²) in [6, 6.07) is 12.0. The van der Waals surface area contributed by atoms with Crippen molar-refractivity contribution >= 4 is 17.3 Å². The van der Waals surface area contributed by atoms with E-state index >= 15 is 0 Å². The number of fused-ring (bicyclic) bond motifs is 1. The first kappa shape index (κ1) is 29.4. The van der Waals surface area contributed by atoms with E-state index in [1.54, 1.807) is 44.2 Å². The zero-order chi connectivity index (χ0) is 27.4. The van der Waals surface area contributed by atoms with Crippen LogP contribution in [0.4, 0.5) is 8.78 Å². The SMILES string of the molecule is C.CCOC(=O)c1cccc(C(CN)CC(=O)c2c(C)nn3c(OCc4c(F)cccc4F)cc(C)cc23)n1. The lowest BCUT2D eigenvalue weighted by atomic mass is 9.94. The van der Waals surface area contributed by atoms with Crippen LogP contribution in [0.2, 0.25) is 0 Å². The highest BCUT2D eigenvalue weighted by molar-refractivity contribution is 6.04. The summed E-state index contributed by atoms with van der Waals surface area (Å²) in [5.41, 5.74) is 8.57. The number of pyridine rings is 2. The Hall–Kier alpha value is -4.18. The predicted molar refractivity (Wildman–Crippen MR) is 143 cm³/mol. The first-order chi connectivity index (χ1) is 18.2. The molecule has 206 valence electrons. The smallest absolute Gasteiger partial charge is 0.356 e. The Kier molecular flexibility index (Phi) is 9.47. The molecule has 1 unspecified atom stereocenters. The molecule has 0 bridgehead atoms. The highest BCUT2D eigenvalue weighted by atomic mass is 19.1. The number of hydrogen-bond acceptors (Lipinski definition) is 7. The van der Waals surface area contributed by atoms with Crippen LogP contribution in [0.15, 0.2) is 48.5 Å². The number of Topliss-reactive ketones (excluding diaryl/α,β-unsaturated/α-hetero) is 1. The molecule has 1 aromatic carbocycles. The molecule has 0 radical (unpaired) electrons. The van der Waals surface area contributed by atoms with Gasteiger partial charge in [-0.15, -0.1) is 0 Å². The van der Waals surface area contributed by atoms with Gasteiger partial charge in [-0.2, -0.15) is 5.10 Å². The standard InChI is InChI=1S/C28H28F2N4O4.CH4/c1-4-37-28(36)23-10-6-9-22(32-23)18(14-31)13-25(35)27-17(3)33-34-24(27)11-16(2)12-26(34)38-15-19-20(29)7-5-8-21(19)30;/h5-12,18H,4,13-15,31H2,1-3H3;1H4. The topological polar surface area (TPSA) is 109 Å². The van der Waals surface area contributed by atoms with Gasteiger partial charge in [0.1, 0.15) is 23.9 Å². The zero-order valence-corrected chi connectivity index (χ0v) is 21.3. The van der Waals surface area contributed by atoms with Crippen molar-refractivity contribution in [1.82, 2.24) is 14.6 Å². The Balaban J connectivity index is 0.00000420. The number of carbonyl (C=O) groups is 2. The Morgan fingerprint density at radius 3 is 2.44 bits per heavy atom. The second-order valence-corrected chi connectivity index (χ2v) is 8.85. The summed E-state index contributed by atoms with van der Waals surface area (Å²) in [5.74, 6) is -2.40. The van der Waals surface area contributed by atoms with Crippen molar-refractivity contribution in [3.8, 4) is 5.88 Å². The zero-order valence-electron chi connectivity index (χ0n) is 21.3. The second kappa shape index (κ2) is 12.6. The average Bonchev–Trinajstić information content (AvgIpc) is 3.22. The van der Waals surface area contributed by atoms with Gasteiger partial charge < -0.3 is 15.2 Å². The van der Waals surface area contributed by atoms with Crippen LogP contribution in [0.5, 0.6) is 5.88 Å².